The van der Waals surface area contributed by atoms with E-state index in [2.05, 4.69) is 36.0 Å². The third-order valence-electron chi connectivity index (χ3n) is 4.58. The van der Waals surface area contributed by atoms with Crippen molar-refractivity contribution in [2.45, 2.75) is 51.1 Å². The summed E-state index contributed by atoms with van der Waals surface area (Å²) in [6.07, 6.45) is 5.50. The maximum atomic E-state index is 3.59. The fourth-order valence-electron chi connectivity index (χ4n) is 3.10. The molecule has 3 nitrogen and oxygen atoms in total. The minimum atomic E-state index is 0.351. The lowest BCUT2D eigenvalue weighted by Gasteiger charge is -2.45. The van der Waals surface area contributed by atoms with E-state index in [9.17, 15) is 0 Å². The number of nitrogens with one attached hydrogen (secondary N) is 1. The molecule has 0 bridgehead atoms. The van der Waals surface area contributed by atoms with Gasteiger partial charge in [-0.2, -0.15) is 0 Å². The molecule has 2 aliphatic rings. The molecule has 0 aromatic rings. The Morgan fingerprint density at radius 2 is 2.12 bits per heavy atom. The first-order valence-corrected chi connectivity index (χ1v) is 7.25. The maximum Gasteiger partial charge on any atom is 0.0277 e. The molecule has 0 aromatic heterocycles. The lowest BCUT2D eigenvalue weighted by atomic mass is 9.99. The van der Waals surface area contributed by atoms with Crippen LogP contribution < -0.4 is 5.32 Å². The van der Waals surface area contributed by atoms with E-state index in [4.69, 9.17) is 0 Å². The van der Waals surface area contributed by atoms with Crippen molar-refractivity contribution < 1.29 is 0 Å². The Balaban J connectivity index is 1.65. The average molecular weight is 239 g/mol. The zero-order valence-electron chi connectivity index (χ0n) is 11.8. The molecule has 0 aliphatic carbocycles. The average Bonchev–Trinajstić information content (AvgIpc) is 2.76. The highest BCUT2D eigenvalue weighted by Gasteiger charge is 2.30. The Morgan fingerprint density at radius 3 is 2.76 bits per heavy atom. The van der Waals surface area contributed by atoms with Gasteiger partial charge >= 0.3 is 0 Å². The molecule has 0 aromatic carbocycles. The van der Waals surface area contributed by atoms with Gasteiger partial charge in [-0.3, -0.25) is 4.90 Å². The lowest BCUT2D eigenvalue weighted by Crippen LogP contribution is -2.57. The van der Waals surface area contributed by atoms with Crippen molar-refractivity contribution in [3.63, 3.8) is 0 Å². The molecule has 0 amide bonds. The van der Waals surface area contributed by atoms with Crippen molar-refractivity contribution in [2.75, 3.05) is 39.8 Å². The molecule has 0 spiro atoms. The topological polar surface area (TPSA) is 18.5 Å². The highest BCUT2D eigenvalue weighted by molar-refractivity contribution is 4.88. The summed E-state index contributed by atoms with van der Waals surface area (Å²) in [6, 6.07) is 0.815. The van der Waals surface area contributed by atoms with Crippen LogP contribution in [0.15, 0.2) is 0 Å². The molecule has 2 fully saturated rings. The van der Waals surface area contributed by atoms with E-state index in [0.29, 0.717) is 5.54 Å². The molecule has 2 heterocycles. The van der Waals surface area contributed by atoms with Gasteiger partial charge in [0.25, 0.3) is 0 Å². The second-order valence-corrected chi connectivity index (χ2v) is 6.45. The monoisotopic (exact) mass is 239 g/mol. The summed E-state index contributed by atoms with van der Waals surface area (Å²) in [5, 5.41) is 3.59. The van der Waals surface area contributed by atoms with Gasteiger partial charge in [-0.15, -0.1) is 0 Å². The van der Waals surface area contributed by atoms with Crippen molar-refractivity contribution in [3.8, 4) is 0 Å². The van der Waals surface area contributed by atoms with Gasteiger partial charge in [0.15, 0.2) is 0 Å². The summed E-state index contributed by atoms with van der Waals surface area (Å²) >= 11 is 0. The number of hydrogen-bond donors (Lipinski definition) is 1. The molecule has 17 heavy (non-hydrogen) atoms. The third-order valence-corrected chi connectivity index (χ3v) is 4.58. The fourth-order valence-corrected chi connectivity index (χ4v) is 3.10. The smallest absolute Gasteiger partial charge is 0.0277 e. The van der Waals surface area contributed by atoms with Crippen LogP contribution in [-0.4, -0.2) is 61.2 Å². The van der Waals surface area contributed by atoms with E-state index < -0.39 is 0 Å². The molecule has 100 valence electrons. The quantitative estimate of drug-likeness (QED) is 0.803. The number of hydrogen-bond acceptors (Lipinski definition) is 3. The van der Waals surface area contributed by atoms with E-state index in [1.54, 1.807) is 0 Å². The molecule has 2 rings (SSSR count). The van der Waals surface area contributed by atoms with Crippen LogP contribution in [0, 0.1) is 0 Å². The second-order valence-electron chi connectivity index (χ2n) is 6.45. The largest absolute Gasteiger partial charge is 0.314 e. The summed E-state index contributed by atoms with van der Waals surface area (Å²) in [5.74, 6) is 0. The Morgan fingerprint density at radius 1 is 1.29 bits per heavy atom. The molecule has 0 saturated carbocycles. The van der Waals surface area contributed by atoms with Gasteiger partial charge in [0.2, 0.25) is 0 Å². The molecule has 0 radical (unpaired) electrons. The van der Waals surface area contributed by atoms with Crippen molar-refractivity contribution in [3.05, 3.63) is 0 Å². The molecule has 3 heteroatoms. The number of rotatable bonds is 4. The minimum Gasteiger partial charge on any atom is -0.314 e. The third kappa shape index (κ3) is 3.67. The van der Waals surface area contributed by atoms with E-state index in [-0.39, 0.29) is 0 Å². The Bertz CT molecular complexity index is 234. The van der Waals surface area contributed by atoms with Crippen molar-refractivity contribution in [1.29, 1.82) is 0 Å². The van der Waals surface area contributed by atoms with Crippen LogP contribution >= 0.6 is 0 Å². The lowest BCUT2D eigenvalue weighted by molar-refractivity contribution is 0.0390. The molecule has 2 saturated heterocycles. The molecular formula is C14H29N3. The highest BCUT2D eigenvalue weighted by Crippen LogP contribution is 2.19. The summed E-state index contributed by atoms with van der Waals surface area (Å²) in [6.45, 7) is 10.9. The number of nitrogens with zero attached hydrogens (tertiary/aromatic N) is 2. The number of likely N-dealkylation sites (N-methyl/N-ethyl adjacent to an activating group) is 1. The maximum absolute atomic E-state index is 3.59. The van der Waals surface area contributed by atoms with Crippen molar-refractivity contribution >= 4 is 0 Å². The van der Waals surface area contributed by atoms with Gasteiger partial charge in [-0.25, -0.2) is 0 Å². The molecule has 2 aliphatic heterocycles. The van der Waals surface area contributed by atoms with E-state index in [1.165, 1.54) is 58.4 Å². The molecule has 1 N–H and O–H groups in total. The van der Waals surface area contributed by atoms with Gasteiger partial charge in [0.05, 0.1) is 0 Å². The SMILES string of the molecule is CN1CCN(CCCC2CCCN2)CC1(C)C. The fraction of sp³-hybridized carbons (Fsp3) is 1.00. The van der Waals surface area contributed by atoms with E-state index >= 15 is 0 Å². The summed E-state index contributed by atoms with van der Waals surface area (Å²) in [5.41, 5.74) is 0.351. The van der Waals surface area contributed by atoms with Crippen molar-refractivity contribution in [1.82, 2.24) is 15.1 Å². The zero-order chi connectivity index (χ0) is 12.3. The first-order valence-electron chi connectivity index (χ1n) is 7.25. The van der Waals surface area contributed by atoms with Crippen molar-refractivity contribution in [2.24, 2.45) is 0 Å². The predicted octanol–water partition coefficient (Wildman–Crippen LogP) is 1.54. The van der Waals surface area contributed by atoms with Gasteiger partial charge in [0, 0.05) is 31.2 Å². The highest BCUT2D eigenvalue weighted by atomic mass is 15.3. The van der Waals surface area contributed by atoms with Crippen LogP contribution in [0.3, 0.4) is 0 Å². The first-order chi connectivity index (χ1) is 8.08. The summed E-state index contributed by atoms with van der Waals surface area (Å²) in [4.78, 5) is 5.14. The second kappa shape index (κ2) is 5.68. The molecule has 1 atom stereocenters. The van der Waals surface area contributed by atoms with Gasteiger partial charge in [-0.05, 0) is 59.7 Å². The Kier molecular flexibility index (Phi) is 4.45. The summed E-state index contributed by atoms with van der Waals surface area (Å²) in [7, 11) is 2.25. The molecular weight excluding hydrogens is 210 g/mol. The minimum absolute atomic E-state index is 0.351. The normalized spacial score (nSPS) is 30.9. The van der Waals surface area contributed by atoms with E-state index in [1.807, 2.05) is 0 Å². The first kappa shape index (κ1) is 13.3. The summed E-state index contributed by atoms with van der Waals surface area (Å²) < 4.78 is 0. The standard InChI is InChI=1S/C14H29N3/c1-14(2)12-17(11-10-16(14)3)9-5-7-13-6-4-8-15-13/h13,15H,4-12H2,1-3H3. The van der Waals surface area contributed by atoms with Crippen LogP contribution in [0.5, 0.6) is 0 Å². The van der Waals surface area contributed by atoms with Crippen LogP contribution in [0.25, 0.3) is 0 Å². The number of piperazine rings is 1. The van der Waals surface area contributed by atoms with Gasteiger partial charge in [-0.1, -0.05) is 0 Å². The predicted molar refractivity (Wildman–Crippen MR) is 73.4 cm³/mol. The van der Waals surface area contributed by atoms with Crippen LogP contribution in [0.2, 0.25) is 0 Å². The van der Waals surface area contributed by atoms with Crippen LogP contribution in [0.1, 0.15) is 39.5 Å². The van der Waals surface area contributed by atoms with E-state index in [0.717, 1.165) is 6.04 Å². The Hall–Kier alpha value is -0.120. The Labute approximate surface area is 107 Å². The zero-order valence-corrected chi connectivity index (χ0v) is 11.8. The van der Waals surface area contributed by atoms with Gasteiger partial charge in [0.1, 0.15) is 0 Å². The molecule has 1 unspecified atom stereocenters. The van der Waals surface area contributed by atoms with Gasteiger partial charge < -0.3 is 10.2 Å². The van der Waals surface area contributed by atoms with Crippen LogP contribution in [-0.2, 0) is 0 Å². The van der Waals surface area contributed by atoms with Crippen LogP contribution in [0.4, 0.5) is 0 Å².